The van der Waals surface area contributed by atoms with Crippen LogP contribution in [0.3, 0.4) is 0 Å². The summed E-state index contributed by atoms with van der Waals surface area (Å²) in [6, 6.07) is 5.53. The largest absolute Gasteiger partial charge is 0.492 e. The van der Waals surface area contributed by atoms with Gasteiger partial charge in [-0.3, -0.25) is 4.79 Å². The lowest BCUT2D eigenvalue weighted by molar-refractivity contribution is 0.101. The maximum absolute atomic E-state index is 11.3. The summed E-state index contributed by atoms with van der Waals surface area (Å²) in [7, 11) is 0. The van der Waals surface area contributed by atoms with Crippen LogP contribution in [0.2, 0.25) is 0 Å². The van der Waals surface area contributed by atoms with Crippen LogP contribution in [0.5, 0.6) is 5.75 Å². The van der Waals surface area contributed by atoms with E-state index in [-0.39, 0.29) is 5.78 Å². The summed E-state index contributed by atoms with van der Waals surface area (Å²) >= 11 is 3.46. The Morgan fingerprint density at radius 2 is 2.06 bits per heavy atom. The van der Waals surface area contributed by atoms with Crippen molar-refractivity contribution in [1.29, 1.82) is 0 Å². The topological polar surface area (TPSA) is 26.3 Å². The molecular formula is C15H19BrO2. The standard InChI is InChI=1S/C15H19BrO2/c1-11(17)13-7-8-15(14(16)9-13)18-10-12-5-3-2-4-6-12/h7-9,12H,2-6,10H2,1H3. The summed E-state index contributed by atoms with van der Waals surface area (Å²) in [5, 5.41) is 0. The second-order valence-electron chi connectivity index (χ2n) is 5.02. The number of hydrogen-bond donors (Lipinski definition) is 0. The van der Waals surface area contributed by atoms with Crippen molar-refractivity contribution in [2.45, 2.75) is 39.0 Å². The second kappa shape index (κ2) is 6.37. The molecule has 0 unspecified atom stereocenters. The molecular weight excluding hydrogens is 292 g/mol. The van der Waals surface area contributed by atoms with Gasteiger partial charge in [0.1, 0.15) is 5.75 Å². The molecule has 0 atom stereocenters. The number of rotatable bonds is 4. The molecule has 18 heavy (non-hydrogen) atoms. The SMILES string of the molecule is CC(=O)c1ccc(OCC2CCCCC2)c(Br)c1. The van der Waals surface area contributed by atoms with E-state index < -0.39 is 0 Å². The minimum Gasteiger partial charge on any atom is -0.492 e. The van der Waals surface area contributed by atoms with Gasteiger partial charge in [-0.25, -0.2) is 0 Å². The van der Waals surface area contributed by atoms with Gasteiger partial charge in [0.05, 0.1) is 11.1 Å². The lowest BCUT2D eigenvalue weighted by atomic mass is 9.90. The zero-order valence-corrected chi connectivity index (χ0v) is 12.3. The Kier molecular flexibility index (Phi) is 4.81. The summed E-state index contributed by atoms with van der Waals surface area (Å²) in [4.78, 5) is 11.3. The maximum atomic E-state index is 11.3. The zero-order valence-electron chi connectivity index (χ0n) is 10.7. The first-order valence-electron chi connectivity index (χ1n) is 6.60. The molecule has 1 aliphatic rings. The molecule has 3 heteroatoms. The lowest BCUT2D eigenvalue weighted by Crippen LogP contribution is -2.15. The Balaban J connectivity index is 1.94. The highest BCUT2D eigenvalue weighted by Crippen LogP contribution is 2.29. The molecule has 2 nitrogen and oxygen atoms in total. The molecule has 0 aliphatic heterocycles. The number of carbonyl (C=O) groups excluding carboxylic acids is 1. The molecule has 1 aromatic carbocycles. The first-order chi connectivity index (χ1) is 8.66. The summed E-state index contributed by atoms with van der Waals surface area (Å²) in [6.45, 7) is 2.36. The van der Waals surface area contributed by atoms with Crippen LogP contribution in [0.4, 0.5) is 0 Å². The molecule has 0 aromatic heterocycles. The predicted molar refractivity (Wildman–Crippen MR) is 76.2 cm³/mol. The summed E-state index contributed by atoms with van der Waals surface area (Å²) in [5.41, 5.74) is 0.715. The molecule has 0 saturated heterocycles. The highest BCUT2D eigenvalue weighted by molar-refractivity contribution is 9.10. The van der Waals surface area contributed by atoms with Crippen LogP contribution >= 0.6 is 15.9 Å². The van der Waals surface area contributed by atoms with Crippen LogP contribution in [-0.2, 0) is 0 Å². The molecule has 98 valence electrons. The number of Topliss-reactive ketones (excluding diaryl/α,β-unsaturated/α-hetero) is 1. The van der Waals surface area contributed by atoms with Gasteiger partial charge in [-0.2, -0.15) is 0 Å². The number of benzene rings is 1. The third-order valence-corrected chi connectivity index (χ3v) is 4.16. The van der Waals surface area contributed by atoms with Gasteiger partial charge in [-0.15, -0.1) is 0 Å². The lowest BCUT2D eigenvalue weighted by Gasteiger charge is -2.22. The Morgan fingerprint density at radius 1 is 1.33 bits per heavy atom. The van der Waals surface area contributed by atoms with Crippen molar-refractivity contribution < 1.29 is 9.53 Å². The van der Waals surface area contributed by atoms with Crippen LogP contribution in [0.25, 0.3) is 0 Å². The number of carbonyl (C=O) groups is 1. The van der Waals surface area contributed by atoms with Crippen molar-refractivity contribution in [3.63, 3.8) is 0 Å². The monoisotopic (exact) mass is 310 g/mol. The van der Waals surface area contributed by atoms with Gasteiger partial charge in [0, 0.05) is 5.56 Å². The first-order valence-corrected chi connectivity index (χ1v) is 7.39. The number of ketones is 1. The summed E-state index contributed by atoms with van der Waals surface area (Å²) in [6.07, 6.45) is 6.59. The van der Waals surface area contributed by atoms with E-state index in [1.165, 1.54) is 32.1 Å². The van der Waals surface area contributed by atoms with Gasteiger partial charge in [0.25, 0.3) is 0 Å². The number of hydrogen-bond acceptors (Lipinski definition) is 2. The molecule has 2 rings (SSSR count). The van der Waals surface area contributed by atoms with Crippen molar-refractivity contribution in [2.75, 3.05) is 6.61 Å². The smallest absolute Gasteiger partial charge is 0.159 e. The van der Waals surface area contributed by atoms with Crippen molar-refractivity contribution in [1.82, 2.24) is 0 Å². The first kappa shape index (κ1) is 13.6. The quantitative estimate of drug-likeness (QED) is 0.759. The van der Waals surface area contributed by atoms with Crippen LogP contribution in [0.15, 0.2) is 22.7 Å². The van der Waals surface area contributed by atoms with E-state index in [4.69, 9.17) is 4.74 Å². The van der Waals surface area contributed by atoms with Crippen LogP contribution in [0, 0.1) is 5.92 Å². The fraction of sp³-hybridized carbons (Fsp3) is 0.533. The molecule has 0 spiro atoms. The average Bonchev–Trinajstić information content (AvgIpc) is 2.38. The number of halogens is 1. The third kappa shape index (κ3) is 3.58. The van der Waals surface area contributed by atoms with Gasteiger partial charge in [-0.1, -0.05) is 19.3 Å². The van der Waals surface area contributed by atoms with Crippen molar-refractivity contribution in [3.8, 4) is 5.75 Å². The Bertz CT molecular complexity index is 423. The molecule has 0 amide bonds. The summed E-state index contributed by atoms with van der Waals surface area (Å²) < 4.78 is 6.72. The van der Waals surface area contributed by atoms with Gasteiger partial charge >= 0.3 is 0 Å². The van der Waals surface area contributed by atoms with E-state index in [0.717, 1.165) is 16.8 Å². The molecule has 1 aliphatic carbocycles. The Hall–Kier alpha value is -0.830. The predicted octanol–water partition coefficient (Wildman–Crippen LogP) is 4.61. The van der Waals surface area contributed by atoms with E-state index in [0.29, 0.717) is 11.5 Å². The van der Waals surface area contributed by atoms with E-state index in [9.17, 15) is 4.79 Å². The Morgan fingerprint density at radius 3 is 2.67 bits per heavy atom. The molecule has 0 N–H and O–H groups in total. The fourth-order valence-electron chi connectivity index (χ4n) is 2.40. The van der Waals surface area contributed by atoms with Crippen LogP contribution < -0.4 is 4.74 Å². The zero-order chi connectivity index (χ0) is 13.0. The van der Waals surface area contributed by atoms with E-state index in [1.807, 2.05) is 18.2 Å². The molecule has 1 aromatic rings. The van der Waals surface area contributed by atoms with E-state index >= 15 is 0 Å². The molecule has 0 heterocycles. The molecule has 1 saturated carbocycles. The minimum atomic E-state index is 0.0783. The van der Waals surface area contributed by atoms with Gasteiger partial charge in [0.2, 0.25) is 0 Å². The normalized spacial score (nSPS) is 16.6. The average molecular weight is 311 g/mol. The number of ether oxygens (including phenoxy) is 1. The van der Waals surface area contributed by atoms with Crippen molar-refractivity contribution in [2.24, 2.45) is 5.92 Å². The van der Waals surface area contributed by atoms with Gasteiger partial charge in [0.15, 0.2) is 5.78 Å². The highest BCUT2D eigenvalue weighted by atomic mass is 79.9. The third-order valence-electron chi connectivity index (χ3n) is 3.54. The van der Waals surface area contributed by atoms with Crippen molar-refractivity contribution in [3.05, 3.63) is 28.2 Å². The second-order valence-corrected chi connectivity index (χ2v) is 5.87. The molecule has 0 bridgehead atoms. The van der Waals surface area contributed by atoms with Crippen molar-refractivity contribution >= 4 is 21.7 Å². The molecule has 0 radical (unpaired) electrons. The highest BCUT2D eigenvalue weighted by Gasteiger charge is 2.14. The van der Waals surface area contributed by atoms with E-state index in [1.54, 1.807) is 6.92 Å². The van der Waals surface area contributed by atoms with Crippen LogP contribution in [0.1, 0.15) is 49.4 Å². The fourth-order valence-corrected chi connectivity index (χ4v) is 2.89. The van der Waals surface area contributed by atoms with Crippen LogP contribution in [-0.4, -0.2) is 12.4 Å². The van der Waals surface area contributed by atoms with Gasteiger partial charge < -0.3 is 4.74 Å². The summed E-state index contributed by atoms with van der Waals surface area (Å²) in [5.74, 6) is 1.61. The minimum absolute atomic E-state index is 0.0783. The van der Waals surface area contributed by atoms with E-state index in [2.05, 4.69) is 15.9 Å². The molecule has 1 fully saturated rings. The Labute approximate surface area is 117 Å². The maximum Gasteiger partial charge on any atom is 0.159 e. The van der Waals surface area contributed by atoms with Gasteiger partial charge in [-0.05, 0) is 59.8 Å².